The third kappa shape index (κ3) is 4.44. The fourth-order valence-corrected chi connectivity index (χ4v) is 4.09. The number of piperazine rings is 1. The van der Waals surface area contributed by atoms with Gasteiger partial charge in [-0.05, 0) is 38.6 Å². The van der Waals surface area contributed by atoms with E-state index in [1.165, 1.54) is 0 Å². The first kappa shape index (κ1) is 21.4. The van der Waals surface area contributed by atoms with E-state index < -0.39 is 6.29 Å². The van der Waals surface area contributed by atoms with Gasteiger partial charge in [0.05, 0.1) is 11.4 Å². The normalized spacial score (nSPS) is 16.1. The van der Waals surface area contributed by atoms with E-state index in [4.69, 9.17) is 4.42 Å². The Morgan fingerprint density at radius 2 is 1.74 bits per heavy atom. The number of para-hydroxylation sites is 1. The Morgan fingerprint density at radius 1 is 1.03 bits per heavy atom. The highest BCUT2D eigenvalue weighted by molar-refractivity contribution is 5.82. The van der Waals surface area contributed by atoms with E-state index in [0.717, 1.165) is 37.3 Å². The van der Waals surface area contributed by atoms with Crippen LogP contribution in [-0.2, 0) is 0 Å². The molecule has 3 N–H and O–H groups in total. The number of hydrogen-bond acceptors (Lipinski definition) is 7. The Labute approximate surface area is 181 Å². The molecule has 0 aliphatic carbocycles. The van der Waals surface area contributed by atoms with Crippen LogP contribution >= 0.6 is 0 Å². The van der Waals surface area contributed by atoms with E-state index in [2.05, 4.69) is 22.2 Å². The summed E-state index contributed by atoms with van der Waals surface area (Å²) in [5.41, 5.74) is 3.34. The lowest BCUT2D eigenvalue weighted by Crippen LogP contribution is -2.44. The van der Waals surface area contributed by atoms with Gasteiger partial charge in [-0.15, -0.1) is 0 Å². The number of aliphatic hydroxyl groups is 2. The molecule has 1 aromatic heterocycles. The van der Waals surface area contributed by atoms with Crippen molar-refractivity contribution in [2.24, 2.45) is 0 Å². The quantitative estimate of drug-likeness (QED) is 0.544. The van der Waals surface area contributed by atoms with Crippen molar-refractivity contribution in [3.8, 4) is 0 Å². The van der Waals surface area contributed by atoms with Crippen LogP contribution in [0.3, 0.4) is 0 Å². The summed E-state index contributed by atoms with van der Waals surface area (Å²) in [5, 5.41) is 23.3. The van der Waals surface area contributed by atoms with Gasteiger partial charge in [0, 0.05) is 49.1 Å². The van der Waals surface area contributed by atoms with Crippen LogP contribution in [0.4, 0.5) is 11.6 Å². The van der Waals surface area contributed by atoms with Crippen molar-refractivity contribution in [2.45, 2.75) is 26.2 Å². The van der Waals surface area contributed by atoms with Gasteiger partial charge in [-0.25, -0.2) is 0 Å². The molecule has 0 saturated carbocycles. The second kappa shape index (κ2) is 8.70. The molecule has 0 amide bonds. The number of likely N-dealkylation sites (N-methyl/N-ethyl adjacent to an activating group) is 1. The SMILES string of the molecule is Cc1cc(C(C)Nc2ccccc2C(O)O)c2oc(N3CCN(C)CC3)cc(=O)c2c1. The van der Waals surface area contributed by atoms with Crippen molar-refractivity contribution in [2.75, 3.05) is 43.4 Å². The van der Waals surface area contributed by atoms with E-state index >= 15 is 0 Å². The number of nitrogens with zero attached hydrogens (tertiary/aromatic N) is 2. The van der Waals surface area contributed by atoms with E-state index in [1.807, 2.05) is 32.0 Å². The molecule has 7 nitrogen and oxygen atoms in total. The number of hydrogen-bond donors (Lipinski definition) is 3. The van der Waals surface area contributed by atoms with Gasteiger partial charge in [-0.1, -0.05) is 24.3 Å². The van der Waals surface area contributed by atoms with Crippen LogP contribution in [-0.4, -0.2) is 48.3 Å². The van der Waals surface area contributed by atoms with Gasteiger partial charge in [0.15, 0.2) is 17.6 Å². The third-order valence-electron chi connectivity index (χ3n) is 5.88. The molecule has 1 aliphatic heterocycles. The van der Waals surface area contributed by atoms with Crippen molar-refractivity contribution < 1.29 is 14.6 Å². The summed E-state index contributed by atoms with van der Waals surface area (Å²) >= 11 is 0. The van der Waals surface area contributed by atoms with E-state index in [1.54, 1.807) is 24.3 Å². The first-order valence-electron chi connectivity index (χ1n) is 10.6. The molecule has 2 aromatic carbocycles. The zero-order chi connectivity index (χ0) is 22.1. The summed E-state index contributed by atoms with van der Waals surface area (Å²) < 4.78 is 6.31. The maximum absolute atomic E-state index is 13.0. The minimum Gasteiger partial charge on any atom is -0.440 e. The highest BCUT2D eigenvalue weighted by atomic mass is 16.5. The minimum absolute atomic E-state index is 0.0569. The fraction of sp³-hybridized carbons (Fsp3) is 0.375. The van der Waals surface area contributed by atoms with Crippen molar-refractivity contribution >= 4 is 22.5 Å². The third-order valence-corrected chi connectivity index (χ3v) is 5.88. The van der Waals surface area contributed by atoms with Crippen LogP contribution < -0.4 is 15.6 Å². The van der Waals surface area contributed by atoms with Gasteiger partial charge >= 0.3 is 0 Å². The summed E-state index contributed by atoms with van der Waals surface area (Å²) in [6.45, 7) is 7.37. The van der Waals surface area contributed by atoms with Crippen LogP contribution in [0.1, 0.15) is 35.9 Å². The molecule has 4 rings (SSSR count). The summed E-state index contributed by atoms with van der Waals surface area (Å²) in [6.07, 6.45) is -1.58. The standard InChI is InChI=1S/C24H29N3O4/c1-15-12-18(16(2)25-20-7-5-4-6-17(20)24(29)30)23-19(13-15)21(28)14-22(31-23)27-10-8-26(3)9-11-27/h4-7,12-14,16,24-25,29-30H,8-11H2,1-3H3. The zero-order valence-electron chi connectivity index (χ0n) is 18.1. The Morgan fingerprint density at radius 3 is 2.45 bits per heavy atom. The molecule has 7 heteroatoms. The lowest BCUT2D eigenvalue weighted by molar-refractivity contribution is -0.0419. The lowest BCUT2D eigenvalue weighted by atomic mass is 10.0. The summed E-state index contributed by atoms with van der Waals surface area (Å²) in [6, 6.07) is 12.3. The summed E-state index contributed by atoms with van der Waals surface area (Å²) in [7, 11) is 2.09. The van der Waals surface area contributed by atoms with E-state index in [0.29, 0.717) is 28.1 Å². The molecule has 164 valence electrons. The van der Waals surface area contributed by atoms with Crippen molar-refractivity contribution in [1.82, 2.24) is 4.90 Å². The van der Waals surface area contributed by atoms with Crippen molar-refractivity contribution in [3.63, 3.8) is 0 Å². The zero-order valence-corrected chi connectivity index (χ0v) is 18.1. The average molecular weight is 424 g/mol. The molecule has 1 aliphatic rings. The molecule has 1 unspecified atom stereocenters. The molecule has 0 spiro atoms. The highest BCUT2D eigenvalue weighted by Crippen LogP contribution is 2.31. The maximum Gasteiger partial charge on any atom is 0.200 e. The number of aliphatic hydroxyl groups excluding tert-OH is 1. The van der Waals surface area contributed by atoms with E-state index in [9.17, 15) is 15.0 Å². The first-order chi connectivity index (χ1) is 14.8. The van der Waals surface area contributed by atoms with Gasteiger partial charge in [-0.2, -0.15) is 0 Å². The number of fused-ring (bicyclic) bond motifs is 1. The molecule has 2 heterocycles. The fourth-order valence-electron chi connectivity index (χ4n) is 4.09. The highest BCUT2D eigenvalue weighted by Gasteiger charge is 2.21. The lowest BCUT2D eigenvalue weighted by Gasteiger charge is -2.32. The number of benzene rings is 2. The van der Waals surface area contributed by atoms with Crippen molar-refractivity contribution in [3.05, 3.63) is 69.4 Å². The van der Waals surface area contributed by atoms with Gasteiger partial charge in [0.25, 0.3) is 0 Å². The predicted molar refractivity (Wildman–Crippen MR) is 123 cm³/mol. The summed E-state index contributed by atoms with van der Waals surface area (Å²) in [5.74, 6) is 0.592. The first-order valence-corrected chi connectivity index (χ1v) is 10.6. The van der Waals surface area contributed by atoms with Gasteiger partial charge in [-0.3, -0.25) is 4.79 Å². The largest absolute Gasteiger partial charge is 0.440 e. The number of rotatable bonds is 5. The molecule has 1 fully saturated rings. The molecular weight excluding hydrogens is 394 g/mol. The van der Waals surface area contributed by atoms with Crippen molar-refractivity contribution in [1.29, 1.82) is 0 Å². The van der Waals surface area contributed by atoms with E-state index in [-0.39, 0.29) is 11.5 Å². The van der Waals surface area contributed by atoms with Crippen LogP contribution in [0, 0.1) is 6.92 Å². The summed E-state index contributed by atoms with van der Waals surface area (Å²) in [4.78, 5) is 17.3. The predicted octanol–water partition coefficient (Wildman–Crippen LogP) is 3.01. The number of nitrogens with one attached hydrogen (secondary N) is 1. The van der Waals surface area contributed by atoms with Gasteiger partial charge in [0.1, 0.15) is 5.58 Å². The second-order valence-corrected chi connectivity index (χ2v) is 8.30. The number of aryl methyl sites for hydroxylation is 1. The molecule has 1 atom stereocenters. The minimum atomic E-state index is -1.58. The topological polar surface area (TPSA) is 89.2 Å². The Hall–Kier alpha value is -2.87. The second-order valence-electron chi connectivity index (χ2n) is 8.30. The van der Waals surface area contributed by atoms with Gasteiger partial charge < -0.3 is 29.7 Å². The van der Waals surface area contributed by atoms with Crippen LogP contribution in [0.25, 0.3) is 11.0 Å². The van der Waals surface area contributed by atoms with Gasteiger partial charge in [0.2, 0.25) is 0 Å². The molecular formula is C24H29N3O4. The van der Waals surface area contributed by atoms with Crippen LogP contribution in [0.2, 0.25) is 0 Å². The monoisotopic (exact) mass is 423 g/mol. The smallest absolute Gasteiger partial charge is 0.200 e. The average Bonchev–Trinajstić information content (AvgIpc) is 2.74. The Bertz CT molecular complexity index is 1130. The number of anilines is 2. The van der Waals surface area contributed by atoms with Crippen LogP contribution in [0.5, 0.6) is 0 Å². The van der Waals surface area contributed by atoms with Crippen LogP contribution in [0.15, 0.2) is 51.7 Å². The molecule has 0 radical (unpaired) electrons. The maximum atomic E-state index is 13.0. The Balaban J connectivity index is 1.75. The molecule has 1 saturated heterocycles. The molecule has 0 bridgehead atoms. The molecule has 31 heavy (non-hydrogen) atoms. The molecule has 3 aromatic rings. The Kier molecular flexibility index (Phi) is 6.00.